The zero-order chi connectivity index (χ0) is 21.5. The van der Waals surface area contributed by atoms with Gasteiger partial charge in [0.2, 0.25) is 0 Å². The highest BCUT2D eigenvalue weighted by molar-refractivity contribution is 6.05. The Morgan fingerprint density at radius 2 is 2.13 bits per heavy atom. The molecule has 0 spiro atoms. The molecule has 8 nitrogen and oxygen atoms in total. The first-order valence-electron chi connectivity index (χ1n) is 9.95. The number of nitrogens with zero attached hydrogens (tertiary/aromatic N) is 3. The standard InChI is InChI=1S/C21H28FN5O3/c1-23-19(18(22)20(24-2)26-16-12-30-13-16)21(29)25-9-17(28)11-27-8-7-14-5-3-4-6-15(14)10-27/h3-6,16-17,28H,1,7-13H2,2H3,(H,24,26)(H,25,29)/b19-18+/t17-/m0/s1. The summed E-state index contributed by atoms with van der Waals surface area (Å²) >= 11 is 0. The number of carbonyl (C=O) groups excluding carboxylic acids is 1. The second kappa shape index (κ2) is 10.4. The number of aliphatic imine (C=N–C) groups is 2. The molecule has 0 unspecified atom stereocenters. The summed E-state index contributed by atoms with van der Waals surface area (Å²) in [7, 11) is 1.42. The number of amides is 1. The summed E-state index contributed by atoms with van der Waals surface area (Å²) in [6, 6.07) is 8.18. The van der Waals surface area contributed by atoms with E-state index in [0.717, 1.165) is 19.5 Å². The van der Waals surface area contributed by atoms with E-state index >= 15 is 0 Å². The molecule has 9 heteroatoms. The number of hydrogen-bond acceptors (Lipinski definition) is 6. The first-order chi connectivity index (χ1) is 14.5. The topological polar surface area (TPSA) is 98.5 Å². The van der Waals surface area contributed by atoms with E-state index < -0.39 is 23.5 Å². The maximum absolute atomic E-state index is 14.7. The summed E-state index contributed by atoms with van der Waals surface area (Å²) < 4.78 is 19.8. The second-order valence-electron chi connectivity index (χ2n) is 7.39. The van der Waals surface area contributed by atoms with Crippen molar-refractivity contribution in [2.45, 2.75) is 25.1 Å². The molecule has 0 bridgehead atoms. The van der Waals surface area contributed by atoms with Crippen molar-refractivity contribution in [3.63, 3.8) is 0 Å². The van der Waals surface area contributed by atoms with E-state index in [0.29, 0.717) is 19.8 Å². The van der Waals surface area contributed by atoms with Gasteiger partial charge in [0.25, 0.3) is 5.91 Å². The first-order valence-corrected chi connectivity index (χ1v) is 9.95. The largest absolute Gasteiger partial charge is 0.390 e. The van der Waals surface area contributed by atoms with E-state index in [1.54, 1.807) is 0 Å². The van der Waals surface area contributed by atoms with Crippen LogP contribution in [0.1, 0.15) is 11.1 Å². The van der Waals surface area contributed by atoms with E-state index in [1.165, 1.54) is 18.2 Å². The van der Waals surface area contributed by atoms with Crippen LogP contribution in [0.3, 0.4) is 0 Å². The van der Waals surface area contributed by atoms with E-state index in [-0.39, 0.29) is 18.4 Å². The number of carbonyl (C=O) groups is 1. The molecule has 1 aromatic rings. The highest BCUT2D eigenvalue weighted by atomic mass is 19.1. The van der Waals surface area contributed by atoms with Gasteiger partial charge in [-0.3, -0.25) is 19.7 Å². The monoisotopic (exact) mass is 417 g/mol. The van der Waals surface area contributed by atoms with Gasteiger partial charge in [0, 0.05) is 33.2 Å². The number of β-amino-alcohol motifs (C(OH)–C–C–N with tert-alkyl or cyclic N) is 1. The molecule has 0 radical (unpaired) electrons. The molecule has 1 fully saturated rings. The van der Waals surface area contributed by atoms with Crippen molar-refractivity contribution in [1.29, 1.82) is 0 Å². The quantitative estimate of drug-likeness (QED) is 0.324. The molecule has 2 heterocycles. The molecule has 2 aliphatic heterocycles. The number of fused-ring (bicyclic) bond motifs is 1. The minimum Gasteiger partial charge on any atom is -0.390 e. The van der Waals surface area contributed by atoms with E-state index in [9.17, 15) is 14.3 Å². The van der Waals surface area contributed by atoms with Crippen LogP contribution < -0.4 is 10.6 Å². The molecular formula is C21H28FN5O3. The SMILES string of the molecule is C=N/C(C(=O)NC[C@H](O)CN1CCc2ccccc2C1)=C(F)\C(=N/C)NC1COC1. The smallest absolute Gasteiger partial charge is 0.273 e. The number of aliphatic hydroxyl groups is 1. The van der Waals surface area contributed by atoms with Crippen LogP contribution in [-0.2, 0) is 22.5 Å². The Balaban J connectivity index is 1.52. The van der Waals surface area contributed by atoms with Gasteiger partial charge >= 0.3 is 0 Å². The lowest BCUT2D eigenvalue weighted by Crippen LogP contribution is -2.49. The number of aliphatic hydroxyl groups excluding tert-OH is 1. The van der Waals surface area contributed by atoms with Crippen LogP contribution in [0.15, 0.2) is 45.8 Å². The zero-order valence-corrected chi connectivity index (χ0v) is 17.1. The molecule has 0 saturated carbocycles. The van der Waals surface area contributed by atoms with Gasteiger partial charge in [-0.15, -0.1) is 0 Å². The highest BCUT2D eigenvalue weighted by Gasteiger charge is 2.25. The predicted molar refractivity (Wildman–Crippen MR) is 113 cm³/mol. The van der Waals surface area contributed by atoms with Crippen LogP contribution in [-0.4, -0.2) is 80.5 Å². The molecule has 1 aromatic carbocycles. The molecular weight excluding hydrogens is 389 g/mol. The van der Waals surface area contributed by atoms with Crippen molar-refractivity contribution in [3.05, 3.63) is 46.9 Å². The zero-order valence-electron chi connectivity index (χ0n) is 17.1. The number of halogens is 1. The second-order valence-corrected chi connectivity index (χ2v) is 7.39. The molecule has 1 atom stereocenters. The molecule has 3 N–H and O–H groups in total. The number of benzene rings is 1. The molecule has 0 aromatic heterocycles. The van der Waals surface area contributed by atoms with E-state index in [4.69, 9.17) is 4.74 Å². The lowest BCUT2D eigenvalue weighted by atomic mass is 10.00. The van der Waals surface area contributed by atoms with Gasteiger partial charge in [-0.25, -0.2) is 4.39 Å². The molecule has 1 saturated heterocycles. The van der Waals surface area contributed by atoms with Gasteiger partial charge in [-0.1, -0.05) is 24.3 Å². The summed E-state index contributed by atoms with van der Waals surface area (Å²) in [6.45, 7) is 6.15. The third-order valence-electron chi connectivity index (χ3n) is 5.17. The summed E-state index contributed by atoms with van der Waals surface area (Å²) in [5.74, 6) is -1.72. The molecule has 2 aliphatic rings. The fraction of sp³-hybridized carbons (Fsp3) is 0.476. The van der Waals surface area contributed by atoms with Gasteiger partial charge in [0.15, 0.2) is 17.4 Å². The lowest BCUT2D eigenvalue weighted by molar-refractivity contribution is -0.118. The molecule has 1 amide bonds. The minimum absolute atomic E-state index is 0.0220. The van der Waals surface area contributed by atoms with Crippen LogP contribution in [0.5, 0.6) is 0 Å². The third kappa shape index (κ3) is 5.50. The molecule has 30 heavy (non-hydrogen) atoms. The Bertz CT molecular complexity index is 838. The average molecular weight is 417 g/mol. The van der Waals surface area contributed by atoms with Crippen molar-refractivity contribution in [2.24, 2.45) is 9.98 Å². The average Bonchev–Trinajstić information content (AvgIpc) is 2.72. The van der Waals surface area contributed by atoms with Crippen LogP contribution in [0.25, 0.3) is 0 Å². The van der Waals surface area contributed by atoms with Crippen molar-refractivity contribution in [2.75, 3.05) is 39.9 Å². The Hall–Kier alpha value is -2.62. The minimum atomic E-state index is -0.890. The third-order valence-corrected chi connectivity index (χ3v) is 5.17. The fourth-order valence-electron chi connectivity index (χ4n) is 3.46. The van der Waals surface area contributed by atoms with Crippen LogP contribution in [0, 0.1) is 0 Å². The van der Waals surface area contributed by atoms with Crippen molar-refractivity contribution >= 4 is 18.5 Å². The molecule has 0 aliphatic carbocycles. The normalized spacial score (nSPS) is 19.2. The Kier molecular flexibility index (Phi) is 7.67. The van der Waals surface area contributed by atoms with Crippen molar-refractivity contribution in [1.82, 2.24) is 15.5 Å². The highest BCUT2D eigenvalue weighted by Crippen LogP contribution is 2.18. The van der Waals surface area contributed by atoms with Crippen LogP contribution >= 0.6 is 0 Å². The number of nitrogens with one attached hydrogen (secondary N) is 2. The van der Waals surface area contributed by atoms with Gasteiger partial charge in [-0.05, 0) is 24.3 Å². The number of rotatable bonds is 8. The summed E-state index contributed by atoms with van der Waals surface area (Å²) in [6.07, 6.45) is 0.129. The van der Waals surface area contributed by atoms with Gasteiger partial charge in [-0.2, -0.15) is 0 Å². The Labute approximate surface area is 175 Å². The van der Waals surface area contributed by atoms with Gasteiger partial charge in [0.05, 0.1) is 25.4 Å². The van der Waals surface area contributed by atoms with E-state index in [2.05, 4.69) is 44.4 Å². The maximum Gasteiger partial charge on any atom is 0.273 e. The molecule has 162 valence electrons. The maximum atomic E-state index is 14.7. The number of ether oxygens (including phenoxy) is 1. The summed E-state index contributed by atoms with van der Waals surface area (Å²) in [5, 5.41) is 15.7. The molecule has 3 rings (SSSR count). The van der Waals surface area contributed by atoms with Crippen LogP contribution in [0.2, 0.25) is 0 Å². The van der Waals surface area contributed by atoms with Crippen LogP contribution in [0.4, 0.5) is 4.39 Å². The Morgan fingerprint density at radius 3 is 2.77 bits per heavy atom. The van der Waals surface area contributed by atoms with Crippen molar-refractivity contribution in [3.8, 4) is 0 Å². The summed E-state index contributed by atoms with van der Waals surface area (Å²) in [4.78, 5) is 21.9. The fourth-order valence-corrected chi connectivity index (χ4v) is 3.46. The van der Waals surface area contributed by atoms with E-state index in [1.807, 2.05) is 12.1 Å². The number of amidine groups is 1. The van der Waals surface area contributed by atoms with Gasteiger partial charge in [0.1, 0.15) is 0 Å². The first kappa shape index (κ1) is 22.1. The number of hydrogen-bond donors (Lipinski definition) is 3. The van der Waals surface area contributed by atoms with Crippen molar-refractivity contribution < 1.29 is 19.0 Å². The summed E-state index contributed by atoms with van der Waals surface area (Å²) in [5.41, 5.74) is 2.11. The van der Waals surface area contributed by atoms with Gasteiger partial charge < -0.3 is 20.5 Å². The Morgan fingerprint density at radius 1 is 1.40 bits per heavy atom. The predicted octanol–water partition coefficient (Wildman–Crippen LogP) is 0.420. The lowest BCUT2D eigenvalue weighted by Gasteiger charge is -2.30.